The van der Waals surface area contributed by atoms with Crippen LogP contribution >= 0.6 is 0 Å². The van der Waals surface area contributed by atoms with Gasteiger partial charge in [-0.2, -0.15) is 0 Å². The number of hydrogen-bond acceptors (Lipinski definition) is 3. The predicted octanol–water partition coefficient (Wildman–Crippen LogP) is 0.962. The highest BCUT2D eigenvalue weighted by Gasteiger charge is 2.49. The Kier molecular flexibility index (Phi) is 3.71. The van der Waals surface area contributed by atoms with E-state index in [1.807, 2.05) is 13.8 Å². The van der Waals surface area contributed by atoms with E-state index in [1.54, 1.807) is 7.11 Å². The number of hydrogen-bond donors (Lipinski definition) is 3. The lowest BCUT2D eigenvalue weighted by atomic mass is 9.64. The molecule has 0 aromatic heterocycles. The molecule has 0 bridgehead atoms. The lowest BCUT2D eigenvalue weighted by Gasteiger charge is -2.51. The number of ether oxygens (including phenoxy) is 1. The number of carboxylic acid groups (broad SMARTS) is 1. The van der Waals surface area contributed by atoms with Crippen molar-refractivity contribution in [2.75, 3.05) is 7.11 Å². The second kappa shape index (κ2) is 5.00. The number of aliphatic carboxylic acids is 1. The van der Waals surface area contributed by atoms with Gasteiger partial charge in [0.2, 0.25) is 0 Å². The summed E-state index contributed by atoms with van der Waals surface area (Å²) in [6, 6.07) is -1.14. The molecule has 6 heteroatoms. The van der Waals surface area contributed by atoms with Crippen LogP contribution in [0.4, 0.5) is 4.79 Å². The van der Waals surface area contributed by atoms with Gasteiger partial charge in [0.15, 0.2) is 0 Å². The SMILES string of the molecule is COC1CC(NC(=O)NC(C(=O)O)C2CC2)C1(C)C. The maximum atomic E-state index is 11.8. The number of carbonyl (C=O) groups excluding carboxylic acids is 1. The summed E-state index contributed by atoms with van der Waals surface area (Å²) in [6.45, 7) is 4.07. The first-order chi connectivity index (χ1) is 8.86. The van der Waals surface area contributed by atoms with Gasteiger partial charge < -0.3 is 20.5 Å². The maximum absolute atomic E-state index is 11.8. The lowest BCUT2D eigenvalue weighted by molar-refractivity contribution is -0.139. The van der Waals surface area contributed by atoms with Crippen molar-refractivity contribution >= 4 is 12.0 Å². The minimum atomic E-state index is -0.958. The second-order valence-electron chi connectivity index (χ2n) is 6.11. The summed E-state index contributed by atoms with van der Waals surface area (Å²) in [7, 11) is 1.66. The van der Waals surface area contributed by atoms with Crippen LogP contribution in [0.2, 0.25) is 0 Å². The first kappa shape index (κ1) is 14.1. The predicted molar refractivity (Wildman–Crippen MR) is 68.8 cm³/mol. The van der Waals surface area contributed by atoms with E-state index >= 15 is 0 Å². The third-order valence-corrected chi connectivity index (χ3v) is 4.41. The molecule has 6 nitrogen and oxygen atoms in total. The molecule has 2 aliphatic carbocycles. The summed E-state index contributed by atoms with van der Waals surface area (Å²) in [5.41, 5.74) is -0.121. The van der Waals surface area contributed by atoms with E-state index in [4.69, 9.17) is 9.84 Å². The average molecular weight is 270 g/mol. The maximum Gasteiger partial charge on any atom is 0.326 e. The summed E-state index contributed by atoms with van der Waals surface area (Å²) < 4.78 is 5.31. The van der Waals surface area contributed by atoms with E-state index in [0.717, 1.165) is 19.3 Å². The third-order valence-electron chi connectivity index (χ3n) is 4.41. The van der Waals surface area contributed by atoms with Crippen LogP contribution in [0.15, 0.2) is 0 Å². The van der Waals surface area contributed by atoms with Gasteiger partial charge >= 0.3 is 12.0 Å². The van der Waals surface area contributed by atoms with Crippen LogP contribution in [0.5, 0.6) is 0 Å². The molecule has 2 fully saturated rings. The van der Waals surface area contributed by atoms with Gasteiger partial charge in [0.1, 0.15) is 6.04 Å². The summed E-state index contributed by atoms with van der Waals surface area (Å²) in [5, 5.41) is 14.5. The molecule has 0 heterocycles. The number of amides is 2. The van der Waals surface area contributed by atoms with Gasteiger partial charge in [0, 0.05) is 18.6 Å². The Morgan fingerprint density at radius 1 is 1.37 bits per heavy atom. The highest BCUT2D eigenvalue weighted by Crippen LogP contribution is 2.42. The van der Waals surface area contributed by atoms with Gasteiger partial charge in [-0.1, -0.05) is 13.8 Å². The topological polar surface area (TPSA) is 87.7 Å². The van der Waals surface area contributed by atoms with E-state index in [1.165, 1.54) is 0 Å². The van der Waals surface area contributed by atoms with Crippen molar-refractivity contribution in [1.82, 2.24) is 10.6 Å². The minimum absolute atomic E-state index is 0.0195. The van der Waals surface area contributed by atoms with E-state index in [-0.39, 0.29) is 23.5 Å². The van der Waals surface area contributed by atoms with Gasteiger partial charge in [0.25, 0.3) is 0 Å². The fourth-order valence-corrected chi connectivity index (χ4v) is 2.68. The first-order valence-electron chi connectivity index (χ1n) is 6.69. The quantitative estimate of drug-likeness (QED) is 0.694. The van der Waals surface area contributed by atoms with Crippen LogP contribution in [0.25, 0.3) is 0 Å². The van der Waals surface area contributed by atoms with Gasteiger partial charge in [-0.25, -0.2) is 9.59 Å². The van der Waals surface area contributed by atoms with E-state index in [2.05, 4.69) is 10.6 Å². The zero-order valence-corrected chi connectivity index (χ0v) is 11.6. The van der Waals surface area contributed by atoms with E-state index < -0.39 is 18.0 Å². The Morgan fingerprint density at radius 3 is 2.42 bits per heavy atom. The fraction of sp³-hybridized carbons (Fsp3) is 0.846. The summed E-state index contributed by atoms with van der Waals surface area (Å²) in [4.78, 5) is 22.9. The van der Waals surface area contributed by atoms with Crippen LogP contribution < -0.4 is 10.6 Å². The minimum Gasteiger partial charge on any atom is -0.480 e. The monoisotopic (exact) mass is 270 g/mol. The van der Waals surface area contributed by atoms with Gasteiger partial charge in [-0.05, 0) is 25.2 Å². The first-order valence-corrected chi connectivity index (χ1v) is 6.69. The van der Waals surface area contributed by atoms with E-state index in [0.29, 0.717) is 0 Å². The molecule has 108 valence electrons. The molecule has 2 aliphatic rings. The largest absolute Gasteiger partial charge is 0.480 e. The Labute approximate surface area is 112 Å². The molecule has 0 aromatic carbocycles. The Morgan fingerprint density at radius 2 is 2.00 bits per heavy atom. The zero-order chi connectivity index (χ0) is 14.2. The van der Waals surface area contributed by atoms with Crippen molar-refractivity contribution in [3.63, 3.8) is 0 Å². The molecule has 3 unspecified atom stereocenters. The van der Waals surface area contributed by atoms with Crippen LogP contribution in [-0.2, 0) is 9.53 Å². The van der Waals surface area contributed by atoms with Crippen molar-refractivity contribution < 1.29 is 19.4 Å². The molecule has 19 heavy (non-hydrogen) atoms. The van der Waals surface area contributed by atoms with Gasteiger partial charge in [-0.3, -0.25) is 0 Å². The highest BCUT2D eigenvalue weighted by atomic mass is 16.5. The Balaban J connectivity index is 1.83. The summed E-state index contributed by atoms with van der Waals surface area (Å²) in [5.74, 6) is -0.871. The average Bonchev–Trinajstić information content (AvgIpc) is 3.14. The summed E-state index contributed by atoms with van der Waals surface area (Å²) in [6.07, 6.45) is 2.64. The standard InChI is InChI=1S/C13H22N2O4/c1-13(2)8(6-9(13)19-3)14-12(18)15-10(11(16)17)7-4-5-7/h7-10H,4-6H2,1-3H3,(H,16,17)(H2,14,15,18). The number of rotatable bonds is 5. The molecule has 0 radical (unpaired) electrons. The van der Waals surface area contributed by atoms with Crippen LogP contribution in [-0.4, -0.2) is 42.4 Å². The number of carbonyl (C=O) groups is 2. The molecular weight excluding hydrogens is 248 g/mol. The highest BCUT2D eigenvalue weighted by molar-refractivity contribution is 5.83. The molecule has 2 amide bonds. The zero-order valence-electron chi connectivity index (χ0n) is 11.6. The molecule has 0 aromatic rings. The molecular formula is C13H22N2O4. The molecule has 0 aliphatic heterocycles. The second-order valence-corrected chi connectivity index (χ2v) is 6.11. The Bertz CT molecular complexity index is 379. The van der Waals surface area contributed by atoms with Crippen molar-refractivity contribution in [2.45, 2.75) is 51.3 Å². The lowest BCUT2D eigenvalue weighted by Crippen LogP contribution is -2.64. The van der Waals surface area contributed by atoms with Crippen LogP contribution in [0, 0.1) is 11.3 Å². The molecule has 2 rings (SSSR count). The fourth-order valence-electron chi connectivity index (χ4n) is 2.68. The molecule has 3 N–H and O–H groups in total. The third kappa shape index (κ3) is 2.83. The van der Waals surface area contributed by atoms with Crippen LogP contribution in [0.1, 0.15) is 33.1 Å². The summed E-state index contributed by atoms with van der Waals surface area (Å²) >= 11 is 0. The molecule has 2 saturated carbocycles. The van der Waals surface area contributed by atoms with Crippen LogP contribution in [0.3, 0.4) is 0 Å². The van der Waals surface area contributed by atoms with Crippen molar-refractivity contribution in [1.29, 1.82) is 0 Å². The molecule has 0 spiro atoms. The van der Waals surface area contributed by atoms with Gasteiger partial charge in [0.05, 0.1) is 6.10 Å². The number of methoxy groups -OCH3 is 1. The van der Waals surface area contributed by atoms with E-state index in [9.17, 15) is 9.59 Å². The molecule has 0 saturated heterocycles. The van der Waals surface area contributed by atoms with Crippen molar-refractivity contribution in [2.24, 2.45) is 11.3 Å². The van der Waals surface area contributed by atoms with Crippen molar-refractivity contribution in [3.8, 4) is 0 Å². The smallest absolute Gasteiger partial charge is 0.326 e. The number of urea groups is 1. The number of nitrogens with one attached hydrogen (secondary N) is 2. The Hall–Kier alpha value is -1.30. The number of carboxylic acids is 1. The normalized spacial score (nSPS) is 30.1. The molecule has 3 atom stereocenters. The van der Waals surface area contributed by atoms with Gasteiger partial charge in [-0.15, -0.1) is 0 Å². The van der Waals surface area contributed by atoms with Crippen molar-refractivity contribution in [3.05, 3.63) is 0 Å².